The Morgan fingerprint density at radius 3 is 2.03 bits per heavy atom. The normalized spacial score (nSPS) is 20.9. The summed E-state index contributed by atoms with van der Waals surface area (Å²) in [6.07, 6.45) is 17.4. The van der Waals surface area contributed by atoms with Crippen LogP contribution in [0.1, 0.15) is 42.9 Å². The molecule has 1 saturated carbocycles. The molecule has 0 radical (unpaired) electrons. The fourth-order valence-corrected chi connectivity index (χ4v) is 10.5. The third-order valence-electron chi connectivity index (χ3n) is 13.7. The molecule has 0 spiro atoms. The number of nitrogens with zero attached hydrogens (tertiary/aromatic N) is 1. The van der Waals surface area contributed by atoms with Gasteiger partial charge in [-0.05, 0) is 134 Å². The zero-order valence-electron chi connectivity index (χ0n) is 32.8. The molecule has 8 aromatic rings. The Kier molecular flexibility index (Phi) is 7.32. The Bertz CT molecular complexity index is 3060. The molecular formula is C56H43NO. The molecule has 1 fully saturated rings. The molecule has 278 valence electrons. The minimum Gasteiger partial charge on any atom is -0.455 e. The Hall–Kier alpha value is -6.64. The summed E-state index contributed by atoms with van der Waals surface area (Å²) in [5, 5.41) is 4.60. The lowest BCUT2D eigenvalue weighted by Crippen LogP contribution is -2.24. The predicted octanol–water partition coefficient (Wildman–Crippen LogP) is 15.2. The molecule has 0 saturated heterocycles. The van der Waals surface area contributed by atoms with E-state index in [-0.39, 0.29) is 5.41 Å². The van der Waals surface area contributed by atoms with Crippen LogP contribution in [0.25, 0.3) is 60.5 Å². The topological polar surface area (TPSA) is 16.4 Å². The lowest BCUT2D eigenvalue weighted by Gasteiger charge is -2.29. The van der Waals surface area contributed by atoms with Gasteiger partial charge in [0, 0.05) is 39.1 Å². The number of hydrogen-bond donors (Lipinski definition) is 0. The Morgan fingerprint density at radius 2 is 1.22 bits per heavy atom. The van der Waals surface area contributed by atoms with Gasteiger partial charge in [0.05, 0.1) is 0 Å². The minimum atomic E-state index is 0.0738. The van der Waals surface area contributed by atoms with E-state index >= 15 is 0 Å². The van der Waals surface area contributed by atoms with E-state index in [1.54, 1.807) is 0 Å². The molecular weight excluding hydrogens is 703 g/mol. The highest BCUT2D eigenvalue weighted by Gasteiger charge is 2.44. The van der Waals surface area contributed by atoms with Crippen molar-refractivity contribution in [3.63, 3.8) is 0 Å². The maximum atomic E-state index is 6.80. The number of benzene rings is 7. The fourth-order valence-electron chi connectivity index (χ4n) is 10.5. The zero-order valence-corrected chi connectivity index (χ0v) is 32.8. The Labute approximate surface area is 339 Å². The fraction of sp³-hybridized carbons (Fsp3) is 0.143. The summed E-state index contributed by atoms with van der Waals surface area (Å²) in [6, 6.07) is 53.8. The standard InChI is InChI=1S/C56H43NO/c1-56(2)52-18-9-8-15-45(52)46-29-23-37(32-53(46)56)38-24-30-47-51-34-50(44-14-6-7-16-48(44)55(51)58-54(47)33-38)36-21-27-42(28-22-36)57(40-12-4-3-5-13-40)41-25-19-35(20-26-41)43-17-10-11-39-31-49(39)43/h3-30,32-34,39,45,49,52H,31H2,1-2H3. The smallest absolute Gasteiger partial charge is 0.143 e. The first-order valence-electron chi connectivity index (χ1n) is 20.8. The van der Waals surface area contributed by atoms with Crippen LogP contribution in [-0.2, 0) is 5.41 Å². The zero-order chi connectivity index (χ0) is 38.5. The van der Waals surface area contributed by atoms with Crippen molar-refractivity contribution in [1.82, 2.24) is 0 Å². The van der Waals surface area contributed by atoms with Crippen LogP contribution in [0.2, 0.25) is 0 Å². The van der Waals surface area contributed by atoms with Gasteiger partial charge in [-0.3, -0.25) is 0 Å². The van der Waals surface area contributed by atoms with Crippen LogP contribution in [0, 0.1) is 17.8 Å². The van der Waals surface area contributed by atoms with Gasteiger partial charge in [-0.15, -0.1) is 0 Å². The van der Waals surface area contributed by atoms with Crippen LogP contribution in [0.5, 0.6) is 0 Å². The van der Waals surface area contributed by atoms with Crippen molar-refractivity contribution >= 4 is 55.3 Å². The molecule has 7 aromatic carbocycles. The molecule has 4 atom stereocenters. The van der Waals surface area contributed by atoms with Crippen molar-refractivity contribution in [3.05, 3.63) is 205 Å². The van der Waals surface area contributed by atoms with Crippen molar-refractivity contribution in [3.8, 4) is 22.3 Å². The van der Waals surface area contributed by atoms with Crippen molar-refractivity contribution in [1.29, 1.82) is 0 Å². The minimum absolute atomic E-state index is 0.0738. The van der Waals surface area contributed by atoms with E-state index in [2.05, 4.69) is 207 Å². The molecule has 58 heavy (non-hydrogen) atoms. The summed E-state index contributed by atoms with van der Waals surface area (Å²) in [7, 11) is 0. The van der Waals surface area contributed by atoms with Gasteiger partial charge in [-0.25, -0.2) is 0 Å². The molecule has 2 heteroatoms. The number of fused-ring (bicyclic) bond motifs is 9. The van der Waals surface area contributed by atoms with Crippen molar-refractivity contribution in [2.24, 2.45) is 17.8 Å². The summed E-state index contributed by atoms with van der Waals surface area (Å²) in [5.41, 5.74) is 15.9. The van der Waals surface area contributed by atoms with E-state index < -0.39 is 0 Å². The summed E-state index contributed by atoms with van der Waals surface area (Å²) in [6.45, 7) is 4.80. The van der Waals surface area contributed by atoms with E-state index in [1.165, 1.54) is 56.3 Å². The molecule has 4 aliphatic carbocycles. The van der Waals surface area contributed by atoms with Gasteiger partial charge in [0.2, 0.25) is 0 Å². The van der Waals surface area contributed by atoms with E-state index in [1.807, 2.05) is 0 Å². The molecule has 4 aliphatic rings. The molecule has 1 aromatic heterocycles. The summed E-state index contributed by atoms with van der Waals surface area (Å²) < 4.78 is 6.80. The number of hydrogen-bond acceptors (Lipinski definition) is 2. The quantitative estimate of drug-likeness (QED) is 0.169. The van der Waals surface area contributed by atoms with Crippen molar-refractivity contribution in [2.45, 2.75) is 31.6 Å². The molecule has 0 bridgehead atoms. The maximum Gasteiger partial charge on any atom is 0.143 e. The largest absolute Gasteiger partial charge is 0.455 e. The number of allylic oxidation sites excluding steroid dienone is 8. The molecule has 12 rings (SSSR count). The second kappa shape index (κ2) is 12.7. The first-order valence-corrected chi connectivity index (χ1v) is 20.8. The van der Waals surface area contributed by atoms with Crippen LogP contribution in [-0.4, -0.2) is 0 Å². The number of furan rings is 1. The molecule has 0 aliphatic heterocycles. The lowest BCUT2D eigenvalue weighted by molar-refractivity contribution is 0.394. The lowest BCUT2D eigenvalue weighted by atomic mass is 9.74. The Balaban J connectivity index is 0.916. The van der Waals surface area contributed by atoms with Gasteiger partial charge >= 0.3 is 0 Å². The first-order chi connectivity index (χ1) is 28.5. The highest BCUT2D eigenvalue weighted by molar-refractivity contribution is 6.19. The van der Waals surface area contributed by atoms with Gasteiger partial charge in [0.1, 0.15) is 11.2 Å². The second-order valence-corrected chi connectivity index (χ2v) is 17.3. The van der Waals surface area contributed by atoms with Crippen LogP contribution >= 0.6 is 0 Å². The number of rotatable bonds is 6. The van der Waals surface area contributed by atoms with E-state index in [4.69, 9.17) is 4.42 Å². The summed E-state index contributed by atoms with van der Waals surface area (Å²) in [5.74, 6) is 2.36. The van der Waals surface area contributed by atoms with Crippen LogP contribution in [0.15, 0.2) is 193 Å². The number of anilines is 3. The average Bonchev–Trinajstić information content (AvgIpc) is 3.94. The van der Waals surface area contributed by atoms with E-state index in [0.29, 0.717) is 17.8 Å². The SMILES string of the molecule is CC1(C)c2cc(-c3ccc4c(c3)oc3c5ccccc5c(-c5ccc(N(c6ccccc6)c6ccc(C7=CC=CC8CC78)cc6)cc5)cc43)ccc2C2C=CC=CC21. The molecule has 2 nitrogen and oxygen atoms in total. The molecule has 1 heterocycles. The Morgan fingerprint density at radius 1 is 0.552 bits per heavy atom. The number of para-hydroxylation sites is 1. The van der Waals surface area contributed by atoms with E-state index in [9.17, 15) is 0 Å². The molecule has 0 N–H and O–H groups in total. The highest BCUT2D eigenvalue weighted by Crippen LogP contribution is 2.54. The van der Waals surface area contributed by atoms with Gasteiger partial charge in [-0.1, -0.05) is 147 Å². The maximum absolute atomic E-state index is 6.80. The molecule has 4 unspecified atom stereocenters. The van der Waals surface area contributed by atoms with Gasteiger partial charge < -0.3 is 9.32 Å². The van der Waals surface area contributed by atoms with Crippen molar-refractivity contribution < 1.29 is 4.42 Å². The van der Waals surface area contributed by atoms with Gasteiger partial charge in [0.15, 0.2) is 0 Å². The van der Waals surface area contributed by atoms with Gasteiger partial charge in [0.25, 0.3) is 0 Å². The first kappa shape index (κ1) is 33.5. The van der Waals surface area contributed by atoms with E-state index in [0.717, 1.165) is 50.3 Å². The van der Waals surface area contributed by atoms with Crippen LogP contribution in [0.3, 0.4) is 0 Å². The van der Waals surface area contributed by atoms with Gasteiger partial charge in [-0.2, -0.15) is 0 Å². The summed E-state index contributed by atoms with van der Waals surface area (Å²) >= 11 is 0. The van der Waals surface area contributed by atoms with Crippen molar-refractivity contribution in [2.75, 3.05) is 4.90 Å². The third kappa shape index (κ3) is 5.17. The third-order valence-corrected chi connectivity index (χ3v) is 13.7. The monoisotopic (exact) mass is 745 g/mol. The second-order valence-electron chi connectivity index (χ2n) is 17.3. The molecule has 0 amide bonds. The average molecular weight is 746 g/mol. The van der Waals surface area contributed by atoms with Crippen LogP contribution in [0.4, 0.5) is 17.1 Å². The van der Waals surface area contributed by atoms with Crippen LogP contribution < -0.4 is 4.90 Å². The summed E-state index contributed by atoms with van der Waals surface area (Å²) in [4.78, 5) is 2.36. The highest BCUT2D eigenvalue weighted by atomic mass is 16.3. The predicted molar refractivity (Wildman–Crippen MR) is 243 cm³/mol.